The van der Waals surface area contributed by atoms with Gasteiger partial charge in [-0.25, -0.2) is 18.2 Å². The number of benzene rings is 4. The summed E-state index contributed by atoms with van der Waals surface area (Å²) < 4.78 is 56.3. The van der Waals surface area contributed by atoms with Crippen LogP contribution in [0.2, 0.25) is 0 Å². The van der Waals surface area contributed by atoms with Gasteiger partial charge in [-0.05, 0) is 61.0 Å². The SMILES string of the molecule is CCOP(=O)(OCC)C(NC(=O)c1cc(-c2cccc3ccccc23)n(-c2ccc(S(N)(=O)=O)cc2)n1)c1ccccc1OC. The van der Waals surface area contributed by atoms with Gasteiger partial charge in [-0.15, -0.1) is 0 Å². The monoisotopic (exact) mass is 648 g/mol. The summed E-state index contributed by atoms with van der Waals surface area (Å²) in [6.07, 6.45) is 0. The molecule has 1 aromatic heterocycles. The Kier molecular flexibility index (Phi) is 9.52. The van der Waals surface area contributed by atoms with Crippen molar-refractivity contribution in [2.45, 2.75) is 24.5 Å². The maximum absolute atomic E-state index is 14.1. The van der Waals surface area contributed by atoms with Crippen LogP contribution in [-0.2, 0) is 23.6 Å². The van der Waals surface area contributed by atoms with Crippen LogP contribution in [-0.4, -0.2) is 44.4 Å². The van der Waals surface area contributed by atoms with Gasteiger partial charge in [-0.2, -0.15) is 5.10 Å². The topological polar surface area (TPSA) is 152 Å². The normalized spacial score (nSPS) is 12.6. The fourth-order valence-corrected chi connectivity index (χ4v) is 7.51. The average molecular weight is 649 g/mol. The van der Waals surface area contributed by atoms with Crippen molar-refractivity contribution in [1.82, 2.24) is 15.1 Å². The molecule has 0 saturated heterocycles. The van der Waals surface area contributed by atoms with Crippen molar-refractivity contribution in [3.8, 4) is 22.7 Å². The molecule has 1 atom stereocenters. The summed E-state index contributed by atoms with van der Waals surface area (Å²) in [6, 6.07) is 27.9. The zero-order chi connectivity index (χ0) is 32.2. The van der Waals surface area contributed by atoms with Crippen molar-refractivity contribution < 1.29 is 31.6 Å². The second-order valence-corrected chi connectivity index (χ2v) is 13.6. The summed E-state index contributed by atoms with van der Waals surface area (Å²) in [5.41, 5.74) is 2.25. The average Bonchev–Trinajstić information content (AvgIpc) is 3.48. The van der Waals surface area contributed by atoms with Gasteiger partial charge in [-0.1, -0.05) is 60.7 Å². The van der Waals surface area contributed by atoms with E-state index < -0.39 is 29.3 Å². The highest BCUT2D eigenvalue weighted by Crippen LogP contribution is 2.60. The summed E-state index contributed by atoms with van der Waals surface area (Å²) in [4.78, 5) is 13.9. The van der Waals surface area contributed by atoms with Crippen LogP contribution in [0.5, 0.6) is 5.75 Å². The second-order valence-electron chi connectivity index (χ2n) is 9.89. The zero-order valence-corrected chi connectivity index (χ0v) is 26.6. The fourth-order valence-electron chi connectivity index (χ4n) is 5.07. The quantitative estimate of drug-likeness (QED) is 0.155. The number of para-hydroxylation sites is 1. The molecule has 0 radical (unpaired) electrons. The standard InChI is InChI=1S/C32H33N4O7PS/c1-4-42-44(38,43-5-2)32(27-14-8-9-16-30(27)41-3)34-31(37)28-21-29(26-15-10-12-22-11-6-7-13-25(22)26)36(35-28)23-17-19-24(20-18-23)45(33,39)40/h6-21,32H,4-5H2,1-3H3,(H,34,37)(H2,33,39,40). The Bertz CT molecular complexity index is 1980. The Morgan fingerprint density at radius 2 is 1.58 bits per heavy atom. The lowest BCUT2D eigenvalue weighted by molar-refractivity contribution is 0.0931. The molecule has 0 aliphatic carbocycles. The molecule has 0 saturated carbocycles. The van der Waals surface area contributed by atoms with E-state index in [-0.39, 0.29) is 23.8 Å². The van der Waals surface area contributed by atoms with Crippen molar-refractivity contribution >= 4 is 34.3 Å². The predicted molar refractivity (Wildman–Crippen MR) is 172 cm³/mol. The number of hydrogen-bond donors (Lipinski definition) is 2. The number of hydrogen-bond acceptors (Lipinski definition) is 8. The summed E-state index contributed by atoms with van der Waals surface area (Å²) in [5, 5.41) is 14.7. The molecule has 0 bridgehead atoms. The lowest BCUT2D eigenvalue weighted by atomic mass is 10.0. The molecule has 0 aliphatic heterocycles. The molecule has 11 nitrogen and oxygen atoms in total. The number of rotatable bonds is 12. The molecular formula is C32H33N4O7PS. The number of amides is 1. The lowest BCUT2D eigenvalue weighted by Crippen LogP contribution is -2.30. The van der Waals surface area contributed by atoms with E-state index in [0.717, 1.165) is 16.3 Å². The molecule has 1 amide bonds. The van der Waals surface area contributed by atoms with Gasteiger partial charge in [0.15, 0.2) is 11.5 Å². The highest BCUT2D eigenvalue weighted by molar-refractivity contribution is 7.89. The van der Waals surface area contributed by atoms with Crippen LogP contribution in [0.3, 0.4) is 0 Å². The first-order valence-electron chi connectivity index (χ1n) is 14.1. The molecule has 13 heteroatoms. The first-order chi connectivity index (χ1) is 21.6. The van der Waals surface area contributed by atoms with Crippen LogP contribution in [0.25, 0.3) is 27.7 Å². The van der Waals surface area contributed by atoms with Crippen LogP contribution in [0, 0.1) is 0 Å². The third-order valence-electron chi connectivity index (χ3n) is 7.05. The Balaban J connectivity index is 1.65. The first kappa shape index (κ1) is 32.1. The fraction of sp³-hybridized carbons (Fsp3) is 0.188. The van der Waals surface area contributed by atoms with Crippen molar-refractivity contribution in [1.29, 1.82) is 0 Å². The zero-order valence-electron chi connectivity index (χ0n) is 24.9. The minimum Gasteiger partial charge on any atom is -0.496 e. The number of aromatic nitrogens is 2. The Labute approximate surface area is 261 Å². The van der Waals surface area contributed by atoms with Crippen molar-refractivity contribution in [3.05, 3.63) is 108 Å². The summed E-state index contributed by atoms with van der Waals surface area (Å²) >= 11 is 0. The first-order valence-corrected chi connectivity index (χ1v) is 17.3. The number of methoxy groups -OCH3 is 1. The van der Waals surface area contributed by atoms with E-state index in [0.29, 0.717) is 22.7 Å². The number of ether oxygens (including phenoxy) is 1. The smallest absolute Gasteiger partial charge is 0.357 e. The van der Waals surface area contributed by atoms with E-state index >= 15 is 0 Å². The molecule has 5 rings (SSSR count). The number of fused-ring (bicyclic) bond motifs is 1. The molecule has 0 fully saturated rings. The van der Waals surface area contributed by atoms with E-state index in [1.807, 2.05) is 42.5 Å². The molecule has 234 valence electrons. The third-order valence-corrected chi connectivity index (χ3v) is 10.3. The number of carbonyl (C=O) groups excluding carboxylic acids is 1. The van der Waals surface area contributed by atoms with E-state index in [1.165, 1.54) is 19.2 Å². The van der Waals surface area contributed by atoms with Crippen LogP contribution >= 0.6 is 7.60 Å². The molecular weight excluding hydrogens is 615 g/mol. The maximum atomic E-state index is 14.1. The van der Waals surface area contributed by atoms with Gasteiger partial charge < -0.3 is 19.1 Å². The van der Waals surface area contributed by atoms with E-state index in [4.69, 9.17) is 18.9 Å². The van der Waals surface area contributed by atoms with E-state index in [2.05, 4.69) is 10.4 Å². The van der Waals surface area contributed by atoms with Crippen molar-refractivity contribution in [3.63, 3.8) is 0 Å². The Morgan fingerprint density at radius 1 is 0.933 bits per heavy atom. The number of carbonyl (C=O) groups is 1. The van der Waals surface area contributed by atoms with Gasteiger partial charge in [0.25, 0.3) is 5.91 Å². The van der Waals surface area contributed by atoms with Crippen LogP contribution in [0.15, 0.2) is 102 Å². The molecule has 1 heterocycles. The van der Waals surface area contributed by atoms with E-state index in [1.54, 1.807) is 61.0 Å². The molecule has 45 heavy (non-hydrogen) atoms. The van der Waals surface area contributed by atoms with Crippen LogP contribution < -0.4 is 15.2 Å². The van der Waals surface area contributed by atoms with Crippen molar-refractivity contribution in [2.75, 3.05) is 20.3 Å². The van der Waals surface area contributed by atoms with Gasteiger partial charge >= 0.3 is 7.60 Å². The summed E-state index contributed by atoms with van der Waals surface area (Å²) in [7, 11) is -6.41. The number of nitrogens with zero attached hydrogens (tertiary/aromatic N) is 2. The van der Waals surface area contributed by atoms with Gasteiger partial charge in [0.1, 0.15) is 5.75 Å². The van der Waals surface area contributed by atoms with Gasteiger partial charge in [-0.3, -0.25) is 9.36 Å². The van der Waals surface area contributed by atoms with Gasteiger partial charge in [0.05, 0.1) is 36.6 Å². The minimum absolute atomic E-state index is 0.00732. The minimum atomic E-state index is -3.96. The number of nitrogens with two attached hydrogens (primary N) is 1. The predicted octanol–water partition coefficient (Wildman–Crippen LogP) is 6.04. The third kappa shape index (κ3) is 6.70. The molecule has 0 spiro atoms. The van der Waals surface area contributed by atoms with Gasteiger partial charge in [0, 0.05) is 11.1 Å². The molecule has 5 aromatic rings. The molecule has 0 aliphatic rings. The summed E-state index contributed by atoms with van der Waals surface area (Å²) in [6.45, 7) is 3.53. The van der Waals surface area contributed by atoms with Crippen molar-refractivity contribution in [2.24, 2.45) is 5.14 Å². The molecule has 3 N–H and O–H groups in total. The van der Waals surface area contributed by atoms with E-state index in [9.17, 15) is 17.8 Å². The van der Waals surface area contributed by atoms with Crippen LogP contribution in [0.4, 0.5) is 0 Å². The summed E-state index contributed by atoms with van der Waals surface area (Å²) in [5.74, 6) is -1.48. The maximum Gasteiger partial charge on any atom is 0.357 e. The molecule has 1 unspecified atom stereocenters. The number of nitrogens with one attached hydrogen (secondary N) is 1. The highest BCUT2D eigenvalue weighted by atomic mass is 32.2. The largest absolute Gasteiger partial charge is 0.496 e. The van der Waals surface area contributed by atoms with Crippen LogP contribution in [0.1, 0.15) is 35.7 Å². The van der Waals surface area contributed by atoms with Gasteiger partial charge in [0.2, 0.25) is 10.0 Å². The number of sulfonamides is 1. The Hall–Kier alpha value is -4.32. The lowest BCUT2D eigenvalue weighted by Gasteiger charge is -2.28. The second kappa shape index (κ2) is 13.4. The highest BCUT2D eigenvalue weighted by Gasteiger charge is 2.40. The Morgan fingerprint density at radius 3 is 2.24 bits per heavy atom. The number of primary sulfonamides is 1. The molecule has 4 aromatic carbocycles.